The second-order valence-corrected chi connectivity index (χ2v) is 4.02. The first-order chi connectivity index (χ1) is 8.10. The first kappa shape index (κ1) is 11.4. The van der Waals surface area contributed by atoms with Crippen LogP contribution in [-0.4, -0.2) is 23.0 Å². The van der Waals surface area contributed by atoms with Gasteiger partial charge in [-0.3, -0.25) is 9.59 Å². The van der Waals surface area contributed by atoms with Crippen LogP contribution in [0, 0.1) is 0 Å². The van der Waals surface area contributed by atoms with Gasteiger partial charge in [0, 0.05) is 0 Å². The molecule has 0 aliphatic carbocycles. The first-order valence-corrected chi connectivity index (χ1v) is 5.52. The van der Waals surface area contributed by atoms with E-state index < -0.39 is 12.0 Å². The second kappa shape index (κ2) is 4.45. The minimum Gasteiger partial charge on any atom is -0.481 e. The van der Waals surface area contributed by atoms with Crippen molar-refractivity contribution in [1.29, 1.82) is 0 Å². The summed E-state index contributed by atoms with van der Waals surface area (Å²) >= 11 is 0. The summed E-state index contributed by atoms with van der Waals surface area (Å²) in [6, 6.07) is 5.02. The Bertz CT molecular complexity index is 471. The molecule has 0 bridgehead atoms. The Morgan fingerprint density at radius 2 is 2.18 bits per heavy atom. The molecule has 0 spiro atoms. The fourth-order valence-corrected chi connectivity index (χ4v) is 1.83. The Morgan fingerprint density at radius 3 is 2.82 bits per heavy atom. The highest BCUT2D eigenvalue weighted by molar-refractivity contribution is 6.04. The van der Waals surface area contributed by atoms with Gasteiger partial charge in [0.1, 0.15) is 6.04 Å². The summed E-state index contributed by atoms with van der Waals surface area (Å²) in [4.78, 5) is 22.3. The molecule has 0 fully saturated rings. The van der Waals surface area contributed by atoms with Crippen LogP contribution in [-0.2, 0) is 16.0 Å². The predicted octanol–water partition coefficient (Wildman–Crippen LogP) is 1.46. The van der Waals surface area contributed by atoms with E-state index in [0.717, 1.165) is 23.4 Å². The van der Waals surface area contributed by atoms with Crippen molar-refractivity contribution in [3.05, 3.63) is 23.8 Å². The largest absolute Gasteiger partial charge is 0.481 e. The van der Waals surface area contributed by atoms with Crippen molar-refractivity contribution in [2.45, 2.75) is 25.8 Å². The van der Waals surface area contributed by atoms with Crippen LogP contribution in [0.5, 0.6) is 0 Å². The molecule has 3 N–H and O–H groups in total. The Labute approximate surface area is 98.8 Å². The van der Waals surface area contributed by atoms with Crippen molar-refractivity contribution in [3.63, 3.8) is 0 Å². The average Bonchev–Trinajstić information content (AvgIpc) is 2.29. The minimum absolute atomic E-state index is 0.221. The summed E-state index contributed by atoms with van der Waals surface area (Å²) in [5.74, 6) is -1.29. The quantitative estimate of drug-likeness (QED) is 0.739. The van der Waals surface area contributed by atoms with Gasteiger partial charge in [0.25, 0.3) is 0 Å². The number of hydrogen-bond donors (Lipinski definition) is 3. The van der Waals surface area contributed by atoms with Crippen molar-refractivity contribution < 1.29 is 14.7 Å². The Kier molecular flexibility index (Phi) is 2.99. The maximum absolute atomic E-state index is 11.7. The van der Waals surface area contributed by atoms with Crippen molar-refractivity contribution in [2.75, 3.05) is 10.6 Å². The van der Waals surface area contributed by atoms with Crippen molar-refractivity contribution in [3.8, 4) is 0 Å². The zero-order valence-corrected chi connectivity index (χ0v) is 9.49. The van der Waals surface area contributed by atoms with Gasteiger partial charge in [-0.15, -0.1) is 0 Å². The molecule has 0 aromatic heterocycles. The molecule has 2 rings (SSSR count). The monoisotopic (exact) mass is 234 g/mol. The number of hydrogen-bond acceptors (Lipinski definition) is 3. The highest BCUT2D eigenvalue weighted by Crippen LogP contribution is 2.28. The Hall–Kier alpha value is -2.04. The van der Waals surface area contributed by atoms with E-state index in [4.69, 9.17) is 5.11 Å². The van der Waals surface area contributed by atoms with Crippen LogP contribution in [0.2, 0.25) is 0 Å². The number of rotatable bonds is 3. The van der Waals surface area contributed by atoms with Crippen molar-refractivity contribution in [1.82, 2.24) is 0 Å². The molecule has 1 atom stereocenters. The SMILES string of the molecule is CCc1ccc2c(c1)NC(=O)C(CC(=O)O)N2. The third-order valence-electron chi connectivity index (χ3n) is 2.78. The van der Waals surface area contributed by atoms with Crippen molar-refractivity contribution in [2.24, 2.45) is 0 Å². The van der Waals surface area contributed by atoms with Gasteiger partial charge < -0.3 is 15.7 Å². The van der Waals surface area contributed by atoms with Gasteiger partial charge >= 0.3 is 5.97 Å². The summed E-state index contributed by atoms with van der Waals surface area (Å²) in [7, 11) is 0. The molecule has 1 heterocycles. The Morgan fingerprint density at radius 1 is 1.41 bits per heavy atom. The summed E-state index contributed by atoms with van der Waals surface area (Å²) in [5, 5.41) is 14.4. The maximum atomic E-state index is 11.7. The zero-order chi connectivity index (χ0) is 12.4. The van der Waals surface area contributed by atoms with E-state index >= 15 is 0 Å². The van der Waals surface area contributed by atoms with E-state index in [2.05, 4.69) is 10.6 Å². The van der Waals surface area contributed by atoms with Crippen LogP contribution in [0.1, 0.15) is 18.9 Å². The van der Waals surface area contributed by atoms with Gasteiger partial charge in [0.2, 0.25) is 5.91 Å². The lowest BCUT2D eigenvalue weighted by atomic mass is 10.1. The molecule has 0 saturated carbocycles. The molecule has 1 aliphatic heterocycles. The molecule has 1 unspecified atom stereocenters. The lowest BCUT2D eigenvalue weighted by Gasteiger charge is -2.26. The van der Waals surface area contributed by atoms with Gasteiger partial charge in [-0.2, -0.15) is 0 Å². The third-order valence-corrected chi connectivity index (χ3v) is 2.78. The van der Waals surface area contributed by atoms with E-state index in [1.807, 2.05) is 25.1 Å². The molecular weight excluding hydrogens is 220 g/mol. The van der Waals surface area contributed by atoms with Gasteiger partial charge in [-0.25, -0.2) is 0 Å². The number of aryl methyl sites for hydroxylation is 1. The molecule has 1 aromatic carbocycles. The van der Waals surface area contributed by atoms with Crippen LogP contribution >= 0.6 is 0 Å². The molecule has 0 saturated heterocycles. The molecular formula is C12H14N2O3. The molecule has 1 aliphatic rings. The van der Waals surface area contributed by atoms with Crippen LogP contribution in [0.3, 0.4) is 0 Å². The Balaban J connectivity index is 2.23. The fraction of sp³-hybridized carbons (Fsp3) is 0.333. The predicted molar refractivity (Wildman–Crippen MR) is 64.1 cm³/mol. The van der Waals surface area contributed by atoms with Gasteiger partial charge in [-0.05, 0) is 24.1 Å². The summed E-state index contributed by atoms with van der Waals surface area (Å²) < 4.78 is 0. The first-order valence-electron chi connectivity index (χ1n) is 5.52. The number of carboxylic acids is 1. The van der Waals surface area contributed by atoms with Crippen LogP contribution in [0.25, 0.3) is 0 Å². The molecule has 17 heavy (non-hydrogen) atoms. The van der Waals surface area contributed by atoms with E-state index in [0.29, 0.717) is 0 Å². The third kappa shape index (κ3) is 2.38. The lowest BCUT2D eigenvalue weighted by molar-refractivity contribution is -0.138. The standard InChI is InChI=1S/C12H14N2O3/c1-2-7-3-4-8-9(5-7)14-12(17)10(13-8)6-11(15)16/h3-5,10,13H,2,6H2,1H3,(H,14,17)(H,15,16). The van der Waals surface area contributed by atoms with E-state index in [1.165, 1.54) is 0 Å². The molecule has 0 radical (unpaired) electrons. The van der Waals surface area contributed by atoms with Crippen molar-refractivity contribution >= 4 is 23.3 Å². The number of carboxylic acid groups (broad SMARTS) is 1. The molecule has 1 amide bonds. The lowest BCUT2D eigenvalue weighted by Crippen LogP contribution is -2.40. The van der Waals surface area contributed by atoms with Gasteiger partial charge in [0.05, 0.1) is 17.8 Å². The van der Waals surface area contributed by atoms with Crippen LogP contribution in [0.4, 0.5) is 11.4 Å². The zero-order valence-electron chi connectivity index (χ0n) is 9.49. The molecule has 90 valence electrons. The fourth-order valence-electron chi connectivity index (χ4n) is 1.83. The summed E-state index contributed by atoms with van der Waals surface area (Å²) in [5.41, 5.74) is 2.62. The minimum atomic E-state index is -0.994. The van der Waals surface area contributed by atoms with Gasteiger partial charge in [-0.1, -0.05) is 13.0 Å². The van der Waals surface area contributed by atoms with E-state index in [1.54, 1.807) is 0 Å². The number of anilines is 2. The van der Waals surface area contributed by atoms with E-state index in [-0.39, 0.29) is 12.3 Å². The number of nitrogens with one attached hydrogen (secondary N) is 2. The van der Waals surface area contributed by atoms with Crippen LogP contribution in [0.15, 0.2) is 18.2 Å². The number of fused-ring (bicyclic) bond motifs is 1. The molecule has 5 heteroatoms. The molecule has 5 nitrogen and oxygen atoms in total. The summed E-state index contributed by atoms with van der Waals surface area (Å²) in [6.07, 6.45) is 0.669. The summed E-state index contributed by atoms with van der Waals surface area (Å²) in [6.45, 7) is 2.03. The average molecular weight is 234 g/mol. The number of carbonyl (C=O) groups excluding carboxylic acids is 1. The maximum Gasteiger partial charge on any atom is 0.305 e. The molecule has 1 aromatic rings. The van der Waals surface area contributed by atoms with E-state index in [9.17, 15) is 9.59 Å². The number of amides is 1. The highest BCUT2D eigenvalue weighted by Gasteiger charge is 2.27. The second-order valence-electron chi connectivity index (χ2n) is 4.02. The smallest absolute Gasteiger partial charge is 0.305 e. The highest BCUT2D eigenvalue weighted by atomic mass is 16.4. The topological polar surface area (TPSA) is 78.4 Å². The van der Waals surface area contributed by atoms with Crippen LogP contribution < -0.4 is 10.6 Å². The van der Waals surface area contributed by atoms with Gasteiger partial charge in [0.15, 0.2) is 0 Å². The number of carbonyl (C=O) groups is 2. The number of benzene rings is 1. The normalized spacial score (nSPS) is 17.9. The number of aliphatic carboxylic acids is 1.